The zero-order valence-electron chi connectivity index (χ0n) is 16.5. The number of nitrogens with zero attached hydrogens (tertiary/aromatic N) is 2. The zero-order valence-corrected chi connectivity index (χ0v) is 17.3. The third kappa shape index (κ3) is 5.05. The van der Waals surface area contributed by atoms with E-state index in [1.807, 2.05) is 0 Å². The van der Waals surface area contributed by atoms with Crippen LogP contribution in [0.5, 0.6) is 0 Å². The Kier molecular flexibility index (Phi) is 6.63. The van der Waals surface area contributed by atoms with Crippen molar-refractivity contribution in [2.75, 3.05) is 26.3 Å². The highest BCUT2D eigenvalue weighted by molar-refractivity contribution is 7.89. The quantitative estimate of drug-likeness (QED) is 0.512. The number of ether oxygens (including phenoxy) is 1. The number of hydrogen-bond acceptors (Lipinski definition) is 7. The highest BCUT2D eigenvalue weighted by Crippen LogP contribution is 2.19. The summed E-state index contributed by atoms with van der Waals surface area (Å²) >= 11 is 0. The van der Waals surface area contributed by atoms with Crippen LogP contribution in [-0.4, -0.2) is 55.8 Å². The minimum atomic E-state index is -3.78. The molecule has 164 valence electrons. The predicted molar refractivity (Wildman–Crippen MR) is 109 cm³/mol. The van der Waals surface area contributed by atoms with E-state index < -0.39 is 26.8 Å². The number of hydrazine groups is 1. The smallest absolute Gasteiger partial charge is 0.272 e. The average Bonchev–Trinajstić information content (AvgIpc) is 2.77. The fraction of sp³-hybridized carbons (Fsp3) is 0.263. The van der Waals surface area contributed by atoms with Gasteiger partial charge in [-0.3, -0.25) is 30.6 Å². The van der Waals surface area contributed by atoms with E-state index in [1.165, 1.54) is 53.7 Å². The molecule has 1 aliphatic rings. The zero-order chi connectivity index (χ0) is 22.6. The molecule has 0 atom stereocenters. The maximum atomic E-state index is 12.7. The Balaban J connectivity index is 1.68. The summed E-state index contributed by atoms with van der Waals surface area (Å²) in [6.45, 7) is 2.54. The second-order valence-corrected chi connectivity index (χ2v) is 8.65. The average molecular weight is 448 g/mol. The van der Waals surface area contributed by atoms with Gasteiger partial charge in [-0.25, -0.2) is 8.42 Å². The van der Waals surface area contributed by atoms with E-state index >= 15 is 0 Å². The van der Waals surface area contributed by atoms with Crippen LogP contribution in [-0.2, 0) is 14.8 Å². The van der Waals surface area contributed by atoms with Gasteiger partial charge >= 0.3 is 0 Å². The molecule has 2 amide bonds. The Bertz CT molecular complexity index is 1130. The van der Waals surface area contributed by atoms with E-state index in [0.29, 0.717) is 18.8 Å². The van der Waals surface area contributed by atoms with Gasteiger partial charge in [-0.2, -0.15) is 4.31 Å². The number of carbonyl (C=O) groups excluding carboxylic acids is 2. The molecular formula is C19H20N4O7S. The normalized spacial score (nSPS) is 14.6. The summed E-state index contributed by atoms with van der Waals surface area (Å²) in [7, 11) is -3.78. The van der Waals surface area contributed by atoms with E-state index in [4.69, 9.17) is 4.74 Å². The molecule has 3 rings (SSSR count). The third-order valence-electron chi connectivity index (χ3n) is 4.65. The SMILES string of the molecule is Cc1cc(C(=O)NNC(=O)c2cccc(S(=O)(=O)N3CCOCC3)c2)ccc1[N+](=O)[O-]. The van der Waals surface area contributed by atoms with Crippen molar-refractivity contribution in [2.24, 2.45) is 0 Å². The molecule has 2 N–H and O–H groups in total. The van der Waals surface area contributed by atoms with Crippen molar-refractivity contribution >= 4 is 27.5 Å². The maximum Gasteiger partial charge on any atom is 0.272 e. The summed E-state index contributed by atoms with van der Waals surface area (Å²) in [6, 6.07) is 9.26. The van der Waals surface area contributed by atoms with Crippen molar-refractivity contribution in [1.29, 1.82) is 0 Å². The molecule has 1 saturated heterocycles. The third-order valence-corrected chi connectivity index (χ3v) is 6.54. The molecule has 12 heteroatoms. The van der Waals surface area contributed by atoms with E-state index in [1.54, 1.807) is 0 Å². The van der Waals surface area contributed by atoms with Crippen molar-refractivity contribution in [3.63, 3.8) is 0 Å². The number of nitrogens with one attached hydrogen (secondary N) is 2. The monoisotopic (exact) mass is 448 g/mol. The number of aryl methyl sites for hydroxylation is 1. The van der Waals surface area contributed by atoms with Crippen molar-refractivity contribution in [3.05, 3.63) is 69.3 Å². The number of amides is 2. The van der Waals surface area contributed by atoms with Crippen LogP contribution in [0.3, 0.4) is 0 Å². The van der Waals surface area contributed by atoms with Gasteiger partial charge in [-0.05, 0) is 37.3 Å². The van der Waals surface area contributed by atoms with E-state index in [-0.39, 0.29) is 34.8 Å². The van der Waals surface area contributed by atoms with Crippen LogP contribution in [0.2, 0.25) is 0 Å². The lowest BCUT2D eigenvalue weighted by molar-refractivity contribution is -0.385. The van der Waals surface area contributed by atoms with Crippen LogP contribution in [0.25, 0.3) is 0 Å². The highest BCUT2D eigenvalue weighted by Gasteiger charge is 2.27. The highest BCUT2D eigenvalue weighted by atomic mass is 32.2. The first-order chi connectivity index (χ1) is 14.7. The Morgan fingerprint density at radius 1 is 1.03 bits per heavy atom. The standard InChI is InChI=1S/C19H20N4O7S/c1-13-11-15(5-6-17(13)23(26)27)19(25)21-20-18(24)14-3-2-4-16(12-14)31(28,29)22-7-9-30-10-8-22/h2-6,11-12H,7-10H2,1H3,(H,20,24)(H,21,25). The molecule has 2 aromatic carbocycles. The van der Waals surface area contributed by atoms with Crippen LogP contribution in [0.1, 0.15) is 26.3 Å². The molecule has 0 bridgehead atoms. The molecule has 1 aliphatic heterocycles. The van der Waals surface area contributed by atoms with Crippen LogP contribution in [0.15, 0.2) is 47.4 Å². The Hall–Kier alpha value is -3.35. The summed E-state index contributed by atoms with van der Waals surface area (Å²) in [5.74, 6) is -1.39. The van der Waals surface area contributed by atoms with E-state index in [2.05, 4.69) is 10.9 Å². The van der Waals surface area contributed by atoms with Crippen LogP contribution < -0.4 is 10.9 Å². The van der Waals surface area contributed by atoms with Crippen LogP contribution >= 0.6 is 0 Å². The molecule has 1 fully saturated rings. The summed E-state index contributed by atoms with van der Waals surface area (Å²) < 4.78 is 31.9. The van der Waals surface area contributed by atoms with Gasteiger partial charge in [-0.15, -0.1) is 0 Å². The number of rotatable bonds is 5. The van der Waals surface area contributed by atoms with Crippen molar-refractivity contribution in [3.8, 4) is 0 Å². The summed E-state index contributed by atoms with van der Waals surface area (Å²) in [6.07, 6.45) is 0. The molecule has 31 heavy (non-hydrogen) atoms. The molecular weight excluding hydrogens is 428 g/mol. The van der Waals surface area contributed by atoms with Gasteiger partial charge in [0.2, 0.25) is 10.0 Å². The van der Waals surface area contributed by atoms with E-state index in [9.17, 15) is 28.1 Å². The molecule has 0 saturated carbocycles. The van der Waals surface area contributed by atoms with Crippen molar-refractivity contribution < 1.29 is 27.7 Å². The molecule has 0 unspecified atom stereocenters. The Morgan fingerprint density at radius 3 is 2.23 bits per heavy atom. The lowest BCUT2D eigenvalue weighted by Crippen LogP contribution is -2.42. The van der Waals surface area contributed by atoms with E-state index in [0.717, 1.165) is 0 Å². The molecule has 0 aliphatic carbocycles. The van der Waals surface area contributed by atoms with Gasteiger partial charge < -0.3 is 4.74 Å². The predicted octanol–water partition coefficient (Wildman–Crippen LogP) is 0.999. The second kappa shape index (κ2) is 9.20. The minimum absolute atomic E-state index is 0.0366. The molecule has 0 aromatic heterocycles. The van der Waals surface area contributed by atoms with Crippen molar-refractivity contribution in [2.45, 2.75) is 11.8 Å². The van der Waals surface area contributed by atoms with Gasteiger partial charge in [0.15, 0.2) is 0 Å². The Morgan fingerprint density at radius 2 is 1.65 bits per heavy atom. The van der Waals surface area contributed by atoms with Gasteiger partial charge in [0.05, 0.1) is 23.0 Å². The maximum absolute atomic E-state index is 12.7. The van der Waals surface area contributed by atoms with Gasteiger partial charge in [0.25, 0.3) is 17.5 Å². The first-order valence-electron chi connectivity index (χ1n) is 9.24. The first-order valence-corrected chi connectivity index (χ1v) is 10.7. The lowest BCUT2D eigenvalue weighted by Gasteiger charge is -2.26. The molecule has 0 spiro atoms. The van der Waals surface area contributed by atoms with Crippen LogP contribution in [0.4, 0.5) is 5.69 Å². The van der Waals surface area contributed by atoms with Crippen LogP contribution in [0, 0.1) is 17.0 Å². The minimum Gasteiger partial charge on any atom is -0.379 e. The van der Waals surface area contributed by atoms with Crippen molar-refractivity contribution in [1.82, 2.24) is 15.2 Å². The molecule has 11 nitrogen and oxygen atoms in total. The number of hydrogen-bond donors (Lipinski definition) is 2. The summed E-state index contributed by atoms with van der Waals surface area (Å²) in [4.78, 5) is 34.9. The molecule has 1 heterocycles. The topological polar surface area (TPSA) is 148 Å². The summed E-state index contributed by atoms with van der Waals surface area (Å²) in [5, 5.41) is 10.9. The number of nitro benzene ring substituents is 1. The number of carbonyl (C=O) groups is 2. The fourth-order valence-corrected chi connectivity index (χ4v) is 4.45. The molecule has 0 radical (unpaired) electrons. The number of morpholine rings is 1. The fourth-order valence-electron chi connectivity index (χ4n) is 2.99. The molecule has 2 aromatic rings. The summed E-state index contributed by atoms with van der Waals surface area (Å²) in [5.41, 5.74) is 4.75. The number of benzene rings is 2. The number of sulfonamides is 1. The lowest BCUT2D eigenvalue weighted by atomic mass is 10.1. The Labute approximate surface area is 178 Å². The second-order valence-electron chi connectivity index (χ2n) is 6.71. The largest absolute Gasteiger partial charge is 0.379 e. The van der Waals surface area contributed by atoms with Gasteiger partial charge in [0, 0.05) is 35.8 Å². The number of nitro groups is 1. The van der Waals surface area contributed by atoms with Gasteiger partial charge in [0.1, 0.15) is 0 Å². The van der Waals surface area contributed by atoms with Gasteiger partial charge in [-0.1, -0.05) is 6.07 Å². The first kappa shape index (κ1) is 22.3.